The molecule has 32 heavy (non-hydrogen) atoms. The second kappa shape index (κ2) is 8.23. The van der Waals surface area contributed by atoms with Crippen LogP contribution in [0.25, 0.3) is 17.3 Å². The third-order valence-electron chi connectivity index (χ3n) is 4.86. The summed E-state index contributed by atoms with van der Waals surface area (Å²) in [6.45, 7) is 3.19. The van der Waals surface area contributed by atoms with E-state index in [9.17, 15) is 31.4 Å². The van der Waals surface area contributed by atoms with E-state index in [0.717, 1.165) is 6.07 Å². The number of nitrogens with one attached hydrogen (secondary N) is 1. The highest BCUT2D eigenvalue weighted by Crippen LogP contribution is 2.37. The summed E-state index contributed by atoms with van der Waals surface area (Å²) in [5, 5.41) is 20.6. The lowest BCUT2D eigenvalue weighted by Crippen LogP contribution is -2.48. The van der Waals surface area contributed by atoms with Crippen LogP contribution in [0.5, 0.6) is 0 Å². The molecule has 4 N–H and O–H groups in total. The number of aromatic nitrogens is 3. The zero-order valence-electron chi connectivity index (χ0n) is 17.1. The molecule has 0 unspecified atom stereocenters. The highest BCUT2D eigenvalue weighted by atomic mass is 19.4. The van der Waals surface area contributed by atoms with E-state index in [1.165, 1.54) is 13.0 Å². The third kappa shape index (κ3) is 5.87. The van der Waals surface area contributed by atoms with Crippen LogP contribution >= 0.6 is 0 Å². The molecule has 1 aliphatic rings. The van der Waals surface area contributed by atoms with Gasteiger partial charge in [0.25, 0.3) is 0 Å². The average molecular weight is 461 g/mol. The van der Waals surface area contributed by atoms with Crippen LogP contribution in [-0.2, 0) is 12.6 Å². The van der Waals surface area contributed by atoms with Gasteiger partial charge in [-0.25, -0.2) is 4.98 Å². The number of nitrogens with two attached hydrogens (primary N) is 1. The summed E-state index contributed by atoms with van der Waals surface area (Å²) in [6, 6.07) is 1.94. The Morgan fingerprint density at radius 2 is 1.88 bits per heavy atom. The lowest BCUT2D eigenvalue weighted by atomic mass is 9.77. The van der Waals surface area contributed by atoms with E-state index < -0.39 is 35.5 Å². The van der Waals surface area contributed by atoms with Crippen LogP contribution in [0.1, 0.15) is 43.5 Å². The number of alkyl halides is 6. The van der Waals surface area contributed by atoms with E-state index in [0.29, 0.717) is 25.0 Å². The van der Waals surface area contributed by atoms with E-state index in [1.807, 2.05) is 0 Å². The minimum absolute atomic E-state index is 0.0526. The van der Waals surface area contributed by atoms with Crippen LogP contribution in [0.15, 0.2) is 23.9 Å². The molecular formula is C20H21F6N5O. The van der Waals surface area contributed by atoms with Crippen molar-refractivity contribution < 1.29 is 31.4 Å². The van der Waals surface area contributed by atoms with Gasteiger partial charge in [0, 0.05) is 17.3 Å². The summed E-state index contributed by atoms with van der Waals surface area (Å²) in [5.41, 5.74) is 3.08. The lowest BCUT2D eigenvalue weighted by Gasteiger charge is -2.41. The van der Waals surface area contributed by atoms with Crippen molar-refractivity contribution >= 4 is 12.0 Å². The van der Waals surface area contributed by atoms with Crippen molar-refractivity contribution in [2.45, 2.75) is 57.1 Å². The molecule has 3 rings (SSSR count). The zero-order chi connectivity index (χ0) is 23.9. The maximum absolute atomic E-state index is 13.1. The van der Waals surface area contributed by atoms with E-state index in [1.54, 1.807) is 6.92 Å². The fourth-order valence-electron chi connectivity index (χ4n) is 3.56. The fourth-order valence-corrected chi connectivity index (χ4v) is 3.56. The molecule has 2 aromatic rings. The predicted molar refractivity (Wildman–Crippen MR) is 105 cm³/mol. The molecule has 0 aliphatic heterocycles. The van der Waals surface area contributed by atoms with Gasteiger partial charge in [0.15, 0.2) is 0 Å². The smallest absolute Gasteiger partial charge is 0.402 e. The van der Waals surface area contributed by atoms with Crippen LogP contribution in [0.2, 0.25) is 0 Å². The van der Waals surface area contributed by atoms with Gasteiger partial charge in [-0.2, -0.15) is 26.3 Å². The average Bonchev–Trinajstić information content (AvgIpc) is 2.58. The van der Waals surface area contributed by atoms with Crippen LogP contribution in [-0.4, -0.2) is 38.1 Å². The van der Waals surface area contributed by atoms with E-state index in [4.69, 9.17) is 5.73 Å². The molecule has 12 heteroatoms. The Bertz CT molecular complexity index is 1020. The topological polar surface area (TPSA) is 97.0 Å². The Balaban J connectivity index is 2.06. The van der Waals surface area contributed by atoms with Crippen molar-refractivity contribution in [3.8, 4) is 11.3 Å². The Morgan fingerprint density at radius 1 is 1.22 bits per heavy atom. The maximum Gasteiger partial charge on any atom is 0.416 e. The molecule has 0 spiro atoms. The fraction of sp³-hybridized carbons (Fsp3) is 0.450. The number of hydrogen-bond acceptors (Lipinski definition) is 6. The molecule has 0 amide bonds. The van der Waals surface area contributed by atoms with Crippen molar-refractivity contribution in [3.05, 3.63) is 40.7 Å². The van der Waals surface area contributed by atoms with Gasteiger partial charge in [-0.05, 0) is 50.5 Å². The molecule has 1 fully saturated rings. The van der Waals surface area contributed by atoms with Crippen molar-refractivity contribution in [2.24, 2.45) is 5.73 Å². The Kier molecular flexibility index (Phi) is 6.11. The Morgan fingerprint density at radius 3 is 2.41 bits per heavy atom. The first-order valence-electron chi connectivity index (χ1n) is 9.58. The molecule has 0 atom stereocenters. The number of benzene rings is 1. The van der Waals surface area contributed by atoms with Gasteiger partial charge in [0.1, 0.15) is 5.69 Å². The molecule has 1 aromatic heterocycles. The molecule has 0 bridgehead atoms. The second-order valence-corrected chi connectivity index (χ2v) is 8.17. The van der Waals surface area contributed by atoms with E-state index >= 15 is 0 Å². The number of aliphatic hydroxyl groups is 1. The van der Waals surface area contributed by atoms with Gasteiger partial charge < -0.3 is 16.2 Å². The molecule has 174 valence electrons. The van der Waals surface area contributed by atoms with Crippen molar-refractivity contribution in [1.82, 2.24) is 15.2 Å². The van der Waals surface area contributed by atoms with Gasteiger partial charge in [-0.15, -0.1) is 10.2 Å². The largest absolute Gasteiger partial charge is 0.416 e. The normalized spacial score (nSPS) is 21.9. The molecule has 1 heterocycles. The summed E-state index contributed by atoms with van der Waals surface area (Å²) in [5.74, 6) is 0.0611. The maximum atomic E-state index is 13.1. The minimum atomic E-state index is -4.81. The molecule has 0 radical (unpaired) electrons. The molecule has 1 aromatic carbocycles. The monoisotopic (exact) mass is 461 g/mol. The standard InChI is InChI=1S/C20H21F6N5O/c1-10(27)5-15-16(30-31-17(29-15)28-13-8-18(2,32)9-13)14-4-3-12(20(24,25)26)6-11(14)7-19(21,22)23/h3-6,13,32H,7-9,27H2,1-2H3,(H,28,29,31). The van der Waals surface area contributed by atoms with E-state index in [2.05, 4.69) is 20.5 Å². The van der Waals surface area contributed by atoms with Crippen LogP contribution in [0.3, 0.4) is 0 Å². The van der Waals surface area contributed by atoms with Gasteiger partial charge in [0.2, 0.25) is 5.95 Å². The van der Waals surface area contributed by atoms with Gasteiger partial charge in [-0.3, -0.25) is 0 Å². The Labute approximate surface area is 179 Å². The number of anilines is 1. The summed E-state index contributed by atoms with van der Waals surface area (Å²) in [7, 11) is 0. The molecule has 0 saturated heterocycles. The first-order chi connectivity index (χ1) is 14.6. The zero-order valence-corrected chi connectivity index (χ0v) is 17.1. The highest BCUT2D eigenvalue weighted by molar-refractivity contribution is 5.73. The quantitative estimate of drug-likeness (QED) is 0.575. The van der Waals surface area contributed by atoms with Gasteiger partial charge in [0.05, 0.1) is 23.3 Å². The van der Waals surface area contributed by atoms with Crippen molar-refractivity contribution in [2.75, 3.05) is 5.32 Å². The first-order valence-corrected chi connectivity index (χ1v) is 9.58. The number of halogens is 6. The number of rotatable bonds is 5. The van der Waals surface area contributed by atoms with Gasteiger partial charge in [-0.1, -0.05) is 6.07 Å². The second-order valence-electron chi connectivity index (χ2n) is 8.17. The minimum Gasteiger partial charge on any atom is -0.402 e. The highest BCUT2D eigenvalue weighted by Gasteiger charge is 2.39. The molecular weight excluding hydrogens is 440 g/mol. The van der Waals surface area contributed by atoms with Crippen molar-refractivity contribution in [3.63, 3.8) is 0 Å². The number of nitrogens with zero attached hydrogens (tertiary/aromatic N) is 3. The van der Waals surface area contributed by atoms with Crippen molar-refractivity contribution in [1.29, 1.82) is 0 Å². The lowest BCUT2D eigenvalue weighted by molar-refractivity contribution is -0.138. The molecule has 1 aliphatic carbocycles. The third-order valence-corrected chi connectivity index (χ3v) is 4.86. The Hall–Kier alpha value is -2.89. The van der Waals surface area contributed by atoms with Gasteiger partial charge >= 0.3 is 12.4 Å². The van der Waals surface area contributed by atoms with Crippen LogP contribution in [0.4, 0.5) is 32.3 Å². The summed E-state index contributed by atoms with van der Waals surface area (Å²) in [6.07, 6.45) is -8.92. The molecule has 6 nitrogen and oxygen atoms in total. The summed E-state index contributed by atoms with van der Waals surface area (Å²) >= 11 is 0. The summed E-state index contributed by atoms with van der Waals surface area (Å²) in [4.78, 5) is 4.24. The predicted octanol–water partition coefficient (Wildman–Crippen LogP) is 4.31. The van der Waals surface area contributed by atoms with Crippen LogP contribution < -0.4 is 11.1 Å². The van der Waals surface area contributed by atoms with Crippen LogP contribution in [0, 0.1) is 0 Å². The SMILES string of the molecule is CC(N)=Cc1nc(NC2CC(C)(O)C2)nnc1-c1ccc(C(F)(F)F)cc1CC(F)(F)F. The van der Waals surface area contributed by atoms with E-state index in [-0.39, 0.29) is 34.6 Å². The first kappa shape index (κ1) is 23.8. The number of allylic oxidation sites excluding steroid dienone is 1. The number of hydrogen-bond donors (Lipinski definition) is 3. The summed E-state index contributed by atoms with van der Waals surface area (Å²) < 4.78 is 78.5. The molecule has 1 saturated carbocycles.